The Hall–Kier alpha value is -2.63. The Morgan fingerprint density at radius 3 is 2.67 bits per heavy atom. The van der Waals surface area contributed by atoms with Crippen LogP contribution in [-0.4, -0.2) is 23.0 Å². The van der Waals surface area contributed by atoms with Crippen LogP contribution in [-0.2, 0) is 4.74 Å². The van der Waals surface area contributed by atoms with Gasteiger partial charge in [-0.1, -0.05) is 0 Å². The maximum Gasteiger partial charge on any atom is 0.356 e. The van der Waals surface area contributed by atoms with Crippen molar-refractivity contribution in [3.63, 3.8) is 0 Å². The molecule has 0 aromatic carbocycles. The summed E-state index contributed by atoms with van der Waals surface area (Å²) in [6.45, 7) is 0. The number of nitrogens with zero attached hydrogens (tertiary/aromatic N) is 3. The molecule has 1 heterocycles. The second-order valence-electron chi connectivity index (χ2n) is 2.95. The van der Waals surface area contributed by atoms with E-state index in [2.05, 4.69) is 9.72 Å². The Balaban J connectivity index is 3.60. The molecular formula is C9H5F2N3O4. The molecule has 1 aromatic rings. The minimum Gasteiger partial charge on any atom is -0.464 e. The summed E-state index contributed by atoms with van der Waals surface area (Å²) in [6, 6.07) is 2.10. The van der Waals surface area contributed by atoms with Crippen LogP contribution >= 0.6 is 0 Å². The monoisotopic (exact) mass is 257 g/mol. The van der Waals surface area contributed by atoms with Crippen LogP contribution in [0.3, 0.4) is 0 Å². The summed E-state index contributed by atoms with van der Waals surface area (Å²) in [6.07, 6.45) is -3.29. The first-order valence-electron chi connectivity index (χ1n) is 4.38. The summed E-state index contributed by atoms with van der Waals surface area (Å²) < 4.78 is 29.5. The van der Waals surface area contributed by atoms with E-state index >= 15 is 0 Å². The standard InChI is InChI=1S/C9H5F2N3O4/c1-18-9(15)5-2-4(3-12)7(14(16)17)6(13-5)8(10)11/h2,8H,1H3. The van der Waals surface area contributed by atoms with Gasteiger partial charge in [0.15, 0.2) is 11.4 Å². The zero-order chi connectivity index (χ0) is 13.9. The van der Waals surface area contributed by atoms with Gasteiger partial charge in [0.1, 0.15) is 11.6 Å². The van der Waals surface area contributed by atoms with Gasteiger partial charge in [-0.2, -0.15) is 5.26 Å². The van der Waals surface area contributed by atoms with Crippen molar-refractivity contribution in [3.8, 4) is 6.07 Å². The lowest BCUT2D eigenvalue weighted by Gasteiger charge is -2.05. The molecule has 7 nitrogen and oxygen atoms in total. The van der Waals surface area contributed by atoms with E-state index in [1.807, 2.05) is 0 Å². The molecule has 18 heavy (non-hydrogen) atoms. The molecule has 0 unspecified atom stereocenters. The van der Waals surface area contributed by atoms with Gasteiger partial charge in [-0.25, -0.2) is 18.6 Å². The zero-order valence-electron chi connectivity index (χ0n) is 8.89. The number of carbonyl (C=O) groups is 1. The average Bonchev–Trinajstić information content (AvgIpc) is 2.35. The number of aromatic nitrogens is 1. The number of esters is 1. The Morgan fingerprint density at radius 1 is 1.67 bits per heavy atom. The zero-order valence-corrected chi connectivity index (χ0v) is 8.89. The van der Waals surface area contributed by atoms with Crippen molar-refractivity contribution in [1.82, 2.24) is 4.98 Å². The molecule has 0 fully saturated rings. The summed E-state index contributed by atoms with van der Waals surface area (Å²) in [5, 5.41) is 19.3. The third-order valence-corrected chi connectivity index (χ3v) is 1.92. The summed E-state index contributed by atoms with van der Waals surface area (Å²) in [5.41, 5.74) is -3.61. The van der Waals surface area contributed by atoms with E-state index in [9.17, 15) is 23.7 Å². The van der Waals surface area contributed by atoms with Crippen LogP contribution in [0.15, 0.2) is 6.07 Å². The van der Waals surface area contributed by atoms with E-state index in [0.29, 0.717) is 0 Å². The number of nitriles is 1. The molecule has 0 radical (unpaired) electrons. The topological polar surface area (TPSA) is 106 Å². The number of ether oxygens (including phenoxy) is 1. The number of hydrogen-bond acceptors (Lipinski definition) is 6. The number of nitro groups is 1. The minimum atomic E-state index is -3.29. The van der Waals surface area contributed by atoms with Gasteiger partial charge in [-0.15, -0.1) is 0 Å². The second kappa shape index (κ2) is 5.13. The predicted molar refractivity (Wildman–Crippen MR) is 51.9 cm³/mol. The van der Waals surface area contributed by atoms with Crippen molar-refractivity contribution in [3.05, 3.63) is 33.1 Å². The van der Waals surface area contributed by atoms with Crippen LogP contribution in [0.4, 0.5) is 14.5 Å². The number of carbonyl (C=O) groups excluding carboxylic acids is 1. The molecule has 0 aliphatic rings. The quantitative estimate of drug-likeness (QED) is 0.462. The molecule has 94 valence electrons. The molecular weight excluding hydrogens is 252 g/mol. The van der Waals surface area contributed by atoms with E-state index in [1.165, 1.54) is 6.07 Å². The van der Waals surface area contributed by atoms with E-state index < -0.39 is 40.0 Å². The van der Waals surface area contributed by atoms with Gasteiger partial charge in [0.25, 0.3) is 6.43 Å². The number of rotatable bonds is 3. The number of methoxy groups -OCH3 is 1. The van der Waals surface area contributed by atoms with Crippen molar-refractivity contribution < 1.29 is 23.2 Å². The largest absolute Gasteiger partial charge is 0.464 e. The average molecular weight is 257 g/mol. The summed E-state index contributed by atoms with van der Waals surface area (Å²) >= 11 is 0. The maximum atomic E-state index is 12.6. The highest BCUT2D eigenvalue weighted by Crippen LogP contribution is 2.30. The third-order valence-electron chi connectivity index (χ3n) is 1.92. The Bertz CT molecular complexity index is 553. The molecule has 0 saturated carbocycles. The van der Waals surface area contributed by atoms with Crippen molar-refractivity contribution >= 4 is 11.7 Å². The van der Waals surface area contributed by atoms with Gasteiger partial charge < -0.3 is 4.74 Å². The fraction of sp³-hybridized carbons (Fsp3) is 0.222. The number of hydrogen-bond donors (Lipinski definition) is 0. The first-order chi connectivity index (χ1) is 8.42. The fourth-order valence-electron chi connectivity index (χ4n) is 1.20. The highest BCUT2D eigenvalue weighted by Gasteiger charge is 2.30. The first-order valence-corrected chi connectivity index (χ1v) is 4.38. The molecule has 1 rings (SSSR count). The Labute approximate surface area is 98.8 Å². The fourth-order valence-corrected chi connectivity index (χ4v) is 1.20. The van der Waals surface area contributed by atoms with Crippen LogP contribution in [0.2, 0.25) is 0 Å². The summed E-state index contributed by atoms with van der Waals surface area (Å²) in [5.74, 6) is -1.07. The van der Waals surface area contributed by atoms with Gasteiger partial charge in [-0.3, -0.25) is 10.1 Å². The molecule has 9 heteroatoms. The van der Waals surface area contributed by atoms with E-state index in [1.54, 1.807) is 0 Å². The van der Waals surface area contributed by atoms with Crippen molar-refractivity contribution in [2.75, 3.05) is 7.11 Å². The van der Waals surface area contributed by atoms with Crippen LogP contribution in [0.1, 0.15) is 28.2 Å². The lowest BCUT2D eigenvalue weighted by atomic mass is 10.1. The highest BCUT2D eigenvalue weighted by atomic mass is 19.3. The summed E-state index contributed by atoms with van der Waals surface area (Å²) in [4.78, 5) is 23.8. The van der Waals surface area contributed by atoms with E-state index in [0.717, 1.165) is 13.2 Å². The van der Waals surface area contributed by atoms with Gasteiger partial charge in [0, 0.05) is 0 Å². The molecule has 0 aliphatic heterocycles. The lowest BCUT2D eigenvalue weighted by molar-refractivity contribution is -0.386. The molecule has 0 amide bonds. The predicted octanol–water partition coefficient (Wildman–Crippen LogP) is 1.59. The lowest BCUT2D eigenvalue weighted by Crippen LogP contribution is -2.10. The SMILES string of the molecule is COC(=O)c1cc(C#N)c([N+](=O)[O-])c(C(F)F)n1. The van der Waals surface area contributed by atoms with Gasteiger partial charge >= 0.3 is 11.7 Å². The van der Waals surface area contributed by atoms with Crippen molar-refractivity contribution in [2.45, 2.75) is 6.43 Å². The van der Waals surface area contributed by atoms with Crippen molar-refractivity contribution in [2.24, 2.45) is 0 Å². The smallest absolute Gasteiger partial charge is 0.356 e. The molecule has 0 atom stereocenters. The van der Waals surface area contributed by atoms with Crippen LogP contribution in [0, 0.1) is 21.4 Å². The van der Waals surface area contributed by atoms with E-state index in [-0.39, 0.29) is 0 Å². The highest BCUT2D eigenvalue weighted by molar-refractivity contribution is 5.88. The van der Waals surface area contributed by atoms with Crippen LogP contribution < -0.4 is 0 Å². The van der Waals surface area contributed by atoms with Crippen molar-refractivity contribution in [1.29, 1.82) is 5.26 Å². The molecule has 0 bridgehead atoms. The molecule has 0 spiro atoms. The maximum absolute atomic E-state index is 12.6. The first kappa shape index (κ1) is 13.4. The normalized spacial score (nSPS) is 9.94. The Kier molecular flexibility index (Phi) is 3.83. The number of alkyl halides is 2. The minimum absolute atomic E-state index is 0.588. The molecule has 0 aliphatic carbocycles. The van der Waals surface area contributed by atoms with Gasteiger partial charge in [0.05, 0.1) is 12.0 Å². The van der Waals surface area contributed by atoms with Crippen LogP contribution in [0.5, 0.6) is 0 Å². The summed E-state index contributed by atoms with van der Waals surface area (Å²) in [7, 11) is 0.986. The van der Waals surface area contributed by atoms with Crippen LogP contribution in [0.25, 0.3) is 0 Å². The van der Waals surface area contributed by atoms with Gasteiger partial charge in [-0.05, 0) is 6.07 Å². The Morgan fingerprint density at radius 2 is 2.28 bits per heavy atom. The third kappa shape index (κ3) is 2.37. The number of pyridine rings is 1. The second-order valence-corrected chi connectivity index (χ2v) is 2.95. The molecule has 0 saturated heterocycles. The molecule has 1 aromatic heterocycles. The number of halogens is 2. The van der Waals surface area contributed by atoms with E-state index in [4.69, 9.17) is 5.26 Å². The molecule has 0 N–H and O–H groups in total. The van der Waals surface area contributed by atoms with Gasteiger partial charge in [0.2, 0.25) is 0 Å².